The Kier molecular flexibility index (Phi) is 9.61. The Labute approximate surface area is 310 Å². The van der Waals surface area contributed by atoms with Crippen LogP contribution in [0.1, 0.15) is 88.8 Å². The monoisotopic (exact) mass is 750 g/mol. The van der Waals surface area contributed by atoms with Gasteiger partial charge >= 0.3 is 12.1 Å². The van der Waals surface area contributed by atoms with Crippen molar-refractivity contribution in [3.05, 3.63) is 53.6 Å². The molecule has 14 nitrogen and oxygen atoms in total. The quantitative estimate of drug-likeness (QED) is 0.372. The van der Waals surface area contributed by atoms with Gasteiger partial charge in [0.1, 0.15) is 23.7 Å². The van der Waals surface area contributed by atoms with Gasteiger partial charge in [-0.2, -0.15) is 0 Å². The highest BCUT2D eigenvalue weighted by molar-refractivity contribution is 7.91. The van der Waals surface area contributed by atoms with E-state index in [0.29, 0.717) is 32.5 Å². The second-order valence-corrected chi connectivity index (χ2v) is 18.4. The fraction of sp³-hybridized carbons (Fsp3) is 0.605. The Bertz CT molecular complexity index is 1850. The molecule has 3 N–H and O–H groups in total. The van der Waals surface area contributed by atoms with Crippen molar-refractivity contribution in [1.29, 1.82) is 0 Å². The van der Waals surface area contributed by atoms with Crippen molar-refractivity contribution in [3.8, 4) is 0 Å². The maximum Gasteiger partial charge on any atom is 0.410 e. The standard InChI is InChI=1S/C38H50N6O8S/c1-5-25-19-38(25,34(47)41-53(50,51)28-15-16-28)40-32(45)30-18-27-21-44(30)33(46)31(37(2,3)4)39-35(48)43-17-9-14-26(43)13-7-6-10-23-11-8-12-24-20-42(22-29(23)24)36(49)52-27/h5-6,8,10-12,25-28,30-31H,1,7,9,13-22H2,2-4H3,(H,39,48)(H,40,45)(H,41,47)/t25-,26-,27-,30+,31-,38-/m1/s1. The van der Waals surface area contributed by atoms with Crippen molar-refractivity contribution >= 4 is 45.9 Å². The molecule has 0 aromatic heterocycles. The van der Waals surface area contributed by atoms with Crippen molar-refractivity contribution in [2.75, 3.05) is 13.1 Å². The van der Waals surface area contributed by atoms with Gasteiger partial charge in [0.2, 0.25) is 21.8 Å². The first-order valence-electron chi connectivity index (χ1n) is 18.7. The molecule has 4 heterocycles. The van der Waals surface area contributed by atoms with Crippen LogP contribution in [0.4, 0.5) is 9.59 Å². The number of benzene rings is 1. The second kappa shape index (κ2) is 13.8. The maximum atomic E-state index is 14.6. The molecule has 1 aromatic rings. The summed E-state index contributed by atoms with van der Waals surface area (Å²) in [5.41, 5.74) is 0.715. The van der Waals surface area contributed by atoms with Gasteiger partial charge in [0.05, 0.1) is 18.3 Å². The van der Waals surface area contributed by atoms with Gasteiger partial charge in [-0.3, -0.25) is 24.0 Å². The summed E-state index contributed by atoms with van der Waals surface area (Å²) in [6.45, 7) is 10.4. The number of hydrogen-bond donors (Lipinski definition) is 3. The molecule has 6 aliphatic rings. The van der Waals surface area contributed by atoms with Gasteiger partial charge in [-0.15, -0.1) is 6.58 Å². The molecule has 6 atom stereocenters. The summed E-state index contributed by atoms with van der Waals surface area (Å²) in [6, 6.07) is 3.38. The van der Waals surface area contributed by atoms with E-state index in [9.17, 15) is 32.4 Å². The smallest absolute Gasteiger partial charge is 0.410 e. The molecule has 6 amide bonds. The van der Waals surface area contributed by atoms with Gasteiger partial charge in [0.25, 0.3) is 5.91 Å². The summed E-state index contributed by atoms with van der Waals surface area (Å²) >= 11 is 0. The van der Waals surface area contributed by atoms with Crippen LogP contribution < -0.4 is 15.4 Å². The molecule has 0 unspecified atom stereocenters. The Balaban J connectivity index is 1.19. The lowest BCUT2D eigenvalue weighted by Gasteiger charge is -2.37. The molecule has 7 rings (SSSR count). The summed E-state index contributed by atoms with van der Waals surface area (Å²) in [5, 5.41) is 5.13. The maximum absolute atomic E-state index is 14.6. The van der Waals surface area contributed by atoms with Crippen molar-refractivity contribution in [2.45, 2.75) is 120 Å². The molecule has 53 heavy (non-hydrogen) atoms. The van der Waals surface area contributed by atoms with Gasteiger partial charge in [-0.05, 0) is 67.1 Å². The predicted molar refractivity (Wildman–Crippen MR) is 195 cm³/mol. The number of nitrogens with zero attached hydrogens (tertiary/aromatic N) is 3. The van der Waals surface area contributed by atoms with Crippen LogP contribution in [0, 0.1) is 11.3 Å². The number of urea groups is 1. The summed E-state index contributed by atoms with van der Waals surface area (Å²) in [7, 11) is -3.90. The number of sulfonamides is 1. The highest BCUT2D eigenvalue weighted by atomic mass is 32.2. The average molecular weight is 751 g/mol. The number of amides is 6. The van der Waals surface area contributed by atoms with Crippen molar-refractivity contribution < 1.29 is 37.1 Å². The molecule has 286 valence electrons. The Morgan fingerprint density at radius 3 is 2.55 bits per heavy atom. The highest BCUT2D eigenvalue weighted by Crippen LogP contribution is 2.45. The normalized spacial score (nSPS) is 30.4. The Morgan fingerprint density at radius 1 is 1.08 bits per heavy atom. The zero-order chi connectivity index (χ0) is 37.9. The van der Waals surface area contributed by atoms with Gasteiger partial charge in [-0.25, -0.2) is 18.0 Å². The molecule has 0 radical (unpaired) electrons. The average Bonchev–Trinajstić information content (AvgIpc) is 3.91. The van der Waals surface area contributed by atoms with E-state index in [1.807, 2.05) is 39.0 Å². The number of carbonyl (C=O) groups is 5. The van der Waals surface area contributed by atoms with Crippen LogP contribution in [-0.2, 0) is 42.2 Å². The Hall–Kier alpha value is -4.40. The third kappa shape index (κ3) is 7.28. The fourth-order valence-electron chi connectivity index (χ4n) is 8.27. The van der Waals surface area contributed by atoms with E-state index in [1.54, 1.807) is 9.80 Å². The second-order valence-electron chi connectivity index (χ2n) is 16.5. The number of hydrogen-bond acceptors (Lipinski definition) is 8. The number of allylic oxidation sites excluding steroid dienone is 1. The molecule has 1 aromatic carbocycles. The predicted octanol–water partition coefficient (Wildman–Crippen LogP) is 3.17. The number of carbonyl (C=O) groups excluding carboxylic acids is 5. The number of ether oxygens (including phenoxy) is 1. The number of nitrogens with one attached hydrogen (secondary N) is 3. The molecule has 15 heteroatoms. The molecule has 2 saturated heterocycles. The van der Waals surface area contributed by atoms with Gasteiger partial charge in [0, 0.05) is 31.5 Å². The molecular weight excluding hydrogens is 701 g/mol. The lowest BCUT2D eigenvalue weighted by molar-refractivity contribution is -0.142. The fourth-order valence-corrected chi connectivity index (χ4v) is 9.63. The molecule has 2 saturated carbocycles. The van der Waals surface area contributed by atoms with E-state index in [1.165, 1.54) is 11.0 Å². The minimum atomic E-state index is -3.90. The first kappa shape index (κ1) is 36.9. The number of fused-ring (bicyclic) bond motifs is 4. The van der Waals surface area contributed by atoms with Crippen LogP contribution in [0.15, 0.2) is 36.9 Å². The van der Waals surface area contributed by atoms with Crippen LogP contribution in [0.25, 0.3) is 6.08 Å². The van der Waals surface area contributed by atoms with Crippen molar-refractivity contribution in [3.63, 3.8) is 0 Å². The summed E-state index contributed by atoms with van der Waals surface area (Å²) in [4.78, 5) is 74.7. The van der Waals surface area contributed by atoms with Crippen molar-refractivity contribution in [1.82, 2.24) is 30.1 Å². The zero-order valence-corrected chi connectivity index (χ0v) is 31.5. The largest absolute Gasteiger partial charge is 0.444 e. The lowest BCUT2D eigenvalue weighted by Crippen LogP contribution is -2.61. The van der Waals surface area contributed by atoms with E-state index in [4.69, 9.17) is 4.74 Å². The third-order valence-corrected chi connectivity index (χ3v) is 13.4. The van der Waals surface area contributed by atoms with Crippen LogP contribution >= 0.6 is 0 Å². The van der Waals surface area contributed by atoms with Crippen LogP contribution in [0.2, 0.25) is 0 Å². The Morgan fingerprint density at radius 2 is 1.85 bits per heavy atom. The third-order valence-electron chi connectivity index (χ3n) is 11.6. The van der Waals surface area contributed by atoms with Gasteiger partial charge in [0.15, 0.2) is 0 Å². The molecule has 2 aliphatic carbocycles. The SMILES string of the molecule is C=C[C@@H]1C[C@]1(NC(=O)[C@@H]1C[C@@H]2CN1C(=O)[C@H](C(C)(C)C)NC(=O)N1CCC[C@H]1CCC=Cc1cccc3c1CN(C3)C(=O)O2)C(=O)NS(=O)(=O)C1CC1. The summed E-state index contributed by atoms with van der Waals surface area (Å²) in [5.74, 6) is -2.59. The zero-order valence-electron chi connectivity index (χ0n) is 30.6. The number of rotatable bonds is 6. The van der Waals surface area contributed by atoms with Crippen LogP contribution in [-0.4, -0.2) is 101 Å². The van der Waals surface area contributed by atoms with E-state index >= 15 is 0 Å². The van der Waals surface area contributed by atoms with E-state index in [2.05, 4.69) is 34.1 Å². The summed E-state index contributed by atoms with van der Waals surface area (Å²) < 4.78 is 33.6. The van der Waals surface area contributed by atoms with E-state index in [0.717, 1.165) is 42.4 Å². The first-order chi connectivity index (χ1) is 25.1. The molecule has 4 aliphatic heterocycles. The molecule has 0 spiro atoms. The minimum Gasteiger partial charge on any atom is -0.444 e. The van der Waals surface area contributed by atoms with Crippen LogP contribution in [0.3, 0.4) is 0 Å². The minimum absolute atomic E-state index is 0.00226. The highest BCUT2D eigenvalue weighted by Gasteiger charge is 2.62. The van der Waals surface area contributed by atoms with E-state index < -0.39 is 74.1 Å². The lowest BCUT2D eigenvalue weighted by atomic mass is 9.85. The van der Waals surface area contributed by atoms with E-state index in [-0.39, 0.29) is 31.5 Å². The molecule has 4 fully saturated rings. The van der Waals surface area contributed by atoms with Gasteiger partial charge in [-0.1, -0.05) is 57.2 Å². The first-order valence-corrected chi connectivity index (χ1v) is 20.3. The summed E-state index contributed by atoms with van der Waals surface area (Å²) in [6.07, 6.45) is 8.41. The van der Waals surface area contributed by atoms with Crippen LogP contribution in [0.5, 0.6) is 0 Å². The molecule has 4 bridgehead atoms. The molecular formula is C38H50N6O8S. The van der Waals surface area contributed by atoms with Gasteiger partial charge < -0.3 is 25.2 Å². The van der Waals surface area contributed by atoms with Crippen molar-refractivity contribution in [2.24, 2.45) is 11.3 Å². The topological polar surface area (TPSA) is 175 Å².